The maximum Gasteiger partial charge on any atom is 0.410 e. The number of carbonyl (C=O) groups is 2. The first-order valence-electron chi connectivity index (χ1n) is 5.45. The maximum absolute atomic E-state index is 11.8. The number of carbonyl (C=O) groups excluding carboxylic acids is 1. The van der Waals surface area contributed by atoms with Crippen molar-refractivity contribution in [3.63, 3.8) is 0 Å². The molecule has 5 nitrogen and oxygen atoms in total. The Bertz CT molecular complexity index is 295. The third kappa shape index (κ3) is 2.87. The van der Waals surface area contributed by atoms with E-state index in [9.17, 15) is 9.59 Å². The third-order valence-electron chi connectivity index (χ3n) is 2.70. The SMILES string of the molecule is CC1[C@@H](C(=O)O)CCN1C(=O)OC(C)(C)C. The molecule has 1 rings (SSSR count). The van der Waals surface area contributed by atoms with Gasteiger partial charge in [-0.3, -0.25) is 4.79 Å². The van der Waals surface area contributed by atoms with Gasteiger partial charge in [-0.05, 0) is 34.1 Å². The van der Waals surface area contributed by atoms with Gasteiger partial charge in [0, 0.05) is 12.6 Å². The molecule has 0 radical (unpaired) electrons. The van der Waals surface area contributed by atoms with Gasteiger partial charge in [-0.2, -0.15) is 0 Å². The topological polar surface area (TPSA) is 66.8 Å². The van der Waals surface area contributed by atoms with E-state index in [2.05, 4.69) is 0 Å². The Morgan fingerprint density at radius 1 is 1.38 bits per heavy atom. The van der Waals surface area contributed by atoms with Crippen molar-refractivity contribution in [3.05, 3.63) is 0 Å². The van der Waals surface area contributed by atoms with Crippen LogP contribution < -0.4 is 0 Å². The summed E-state index contributed by atoms with van der Waals surface area (Å²) in [7, 11) is 0. The molecule has 1 fully saturated rings. The molecule has 0 bridgehead atoms. The maximum atomic E-state index is 11.8. The molecular formula is C11H19NO4. The van der Waals surface area contributed by atoms with Crippen LogP contribution in [0.5, 0.6) is 0 Å². The molecule has 0 aliphatic carbocycles. The molecule has 0 aromatic carbocycles. The van der Waals surface area contributed by atoms with Gasteiger partial charge in [0.05, 0.1) is 5.92 Å². The second-order valence-corrected chi connectivity index (χ2v) is 5.15. The molecule has 1 saturated heterocycles. The minimum atomic E-state index is -0.849. The van der Waals surface area contributed by atoms with Gasteiger partial charge in [0.15, 0.2) is 0 Å². The van der Waals surface area contributed by atoms with Crippen LogP contribution in [0.15, 0.2) is 0 Å². The molecule has 2 atom stereocenters. The lowest BCUT2D eigenvalue weighted by atomic mass is 10.0. The highest BCUT2D eigenvalue weighted by atomic mass is 16.6. The van der Waals surface area contributed by atoms with E-state index in [4.69, 9.17) is 9.84 Å². The lowest BCUT2D eigenvalue weighted by Crippen LogP contribution is -2.41. The first-order valence-corrected chi connectivity index (χ1v) is 5.45. The molecule has 92 valence electrons. The fourth-order valence-electron chi connectivity index (χ4n) is 1.85. The summed E-state index contributed by atoms with van der Waals surface area (Å²) in [6, 6.07) is -0.299. The first-order chi connectivity index (χ1) is 7.22. The molecule has 1 unspecified atom stereocenters. The number of amides is 1. The molecular weight excluding hydrogens is 210 g/mol. The number of hydrogen-bond donors (Lipinski definition) is 1. The molecule has 0 aromatic rings. The van der Waals surface area contributed by atoms with E-state index in [0.29, 0.717) is 13.0 Å². The predicted molar refractivity (Wildman–Crippen MR) is 58.1 cm³/mol. The molecule has 1 amide bonds. The van der Waals surface area contributed by atoms with E-state index in [0.717, 1.165) is 0 Å². The average Bonchev–Trinajstić information content (AvgIpc) is 2.43. The zero-order chi connectivity index (χ0) is 12.5. The summed E-state index contributed by atoms with van der Waals surface area (Å²) in [4.78, 5) is 24.1. The molecule has 1 heterocycles. The summed E-state index contributed by atoms with van der Waals surface area (Å²) < 4.78 is 5.21. The highest BCUT2D eigenvalue weighted by Gasteiger charge is 2.39. The van der Waals surface area contributed by atoms with E-state index < -0.39 is 23.6 Å². The Balaban J connectivity index is 2.63. The normalized spacial score (nSPS) is 25.6. The second kappa shape index (κ2) is 4.31. The monoisotopic (exact) mass is 229 g/mol. The van der Waals surface area contributed by atoms with Crippen molar-refractivity contribution in [2.24, 2.45) is 5.92 Å². The minimum Gasteiger partial charge on any atom is -0.481 e. The number of nitrogens with zero attached hydrogens (tertiary/aromatic N) is 1. The lowest BCUT2D eigenvalue weighted by Gasteiger charge is -2.27. The molecule has 1 N–H and O–H groups in total. The Morgan fingerprint density at radius 3 is 2.31 bits per heavy atom. The van der Waals surface area contributed by atoms with Gasteiger partial charge in [-0.15, -0.1) is 0 Å². The predicted octanol–water partition coefficient (Wildman–Crippen LogP) is 1.72. The van der Waals surface area contributed by atoms with Gasteiger partial charge in [0.25, 0.3) is 0 Å². The van der Waals surface area contributed by atoms with E-state index in [1.54, 1.807) is 27.7 Å². The van der Waals surface area contributed by atoms with Crippen molar-refractivity contribution in [1.29, 1.82) is 0 Å². The van der Waals surface area contributed by atoms with Crippen molar-refractivity contribution >= 4 is 12.1 Å². The Morgan fingerprint density at radius 2 is 1.94 bits per heavy atom. The van der Waals surface area contributed by atoms with Gasteiger partial charge in [-0.25, -0.2) is 4.79 Å². The Hall–Kier alpha value is -1.26. The van der Waals surface area contributed by atoms with Gasteiger partial charge in [0.2, 0.25) is 0 Å². The highest BCUT2D eigenvalue weighted by molar-refractivity contribution is 5.75. The summed E-state index contributed by atoms with van der Waals surface area (Å²) in [5.74, 6) is -1.33. The van der Waals surface area contributed by atoms with E-state index in [1.165, 1.54) is 4.90 Å². The van der Waals surface area contributed by atoms with Crippen LogP contribution >= 0.6 is 0 Å². The van der Waals surface area contributed by atoms with Gasteiger partial charge < -0.3 is 14.7 Å². The first kappa shape index (κ1) is 12.8. The summed E-state index contributed by atoms with van der Waals surface area (Å²) in [5, 5.41) is 8.94. The zero-order valence-electron chi connectivity index (χ0n) is 10.2. The summed E-state index contributed by atoms with van der Waals surface area (Å²) >= 11 is 0. The number of hydrogen-bond acceptors (Lipinski definition) is 3. The van der Waals surface area contributed by atoms with Crippen molar-refractivity contribution in [1.82, 2.24) is 4.90 Å². The Kier molecular flexibility index (Phi) is 3.45. The number of ether oxygens (including phenoxy) is 1. The van der Waals surface area contributed by atoms with E-state index >= 15 is 0 Å². The second-order valence-electron chi connectivity index (χ2n) is 5.15. The number of carboxylic acids is 1. The van der Waals surface area contributed by atoms with E-state index in [-0.39, 0.29) is 6.04 Å². The van der Waals surface area contributed by atoms with Crippen molar-refractivity contribution in [3.8, 4) is 0 Å². The molecule has 0 saturated carbocycles. The number of rotatable bonds is 1. The summed E-state index contributed by atoms with van der Waals surface area (Å²) in [5.41, 5.74) is -0.544. The van der Waals surface area contributed by atoms with Crippen LogP contribution in [0.1, 0.15) is 34.1 Å². The molecule has 0 spiro atoms. The average molecular weight is 229 g/mol. The van der Waals surface area contributed by atoms with Crippen LogP contribution in [0.2, 0.25) is 0 Å². The number of aliphatic carboxylic acids is 1. The van der Waals surface area contributed by atoms with Crippen LogP contribution in [0.4, 0.5) is 4.79 Å². The minimum absolute atomic E-state index is 0.299. The van der Waals surface area contributed by atoms with Crippen LogP contribution in [0.3, 0.4) is 0 Å². The van der Waals surface area contributed by atoms with Gasteiger partial charge in [0.1, 0.15) is 5.60 Å². The molecule has 16 heavy (non-hydrogen) atoms. The Labute approximate surface area is 95.4 Å². The fraction of sp³-hybridized carbons (Fsp3) is 0.818. The molecule has 0 aromatic heterocycles. The summed E-state index contributed by atoms with van der Waals surface area (Å²) in [6.45, 7) is 7.57. The molecule has 1 aliphatic rings. The zero-order valence-corrected chi connectivity index (χ0v) is 10.2. The number of likely N-dealkylation sites (tertiary alicyclic amines) is 1. The van der Waals surface area contributed by atoms with Crippen molar-refractivity contribution in [2.75, 3.05) is 6.54 Å². The van der Waals surface area contributed by atoms with Crippen LogP contribution in [0.25, 0.3) is 0 Å². The van der Waals surface area contributed by atoms with Gasteiger partial charge in [-0.1, -0.05) is 0 Å². The van der Waals surface area contributed by atoms with Crippen LogP contribution in [0, 0.1) is 5.92 Å². The fourth-order valence-corrected chi connectivity index (χ4v) is 1.85. The molecule has 5 heteroatoms. The lowest BCUT2D eigenvalue weighted by molar-refractivity contribution is -0.142. The standard InChI is InChI=1S/C11H19NO4/c1-7-8(9(13)14)5-6-12(7)10(15)16-11(2,3)4/h7-8H,5-6H2,1-4H3,(H,13,14)/t7?,8-/m0/s1. The van der Waals surface area contributed by atoms with Crippen LogP contribution in [-0.2, 0) is 9.53 Å². The van der Waals surface area contributed by atoms with Gasteiger partial charge >= 0.3 is 12.1 Å². The quantitative estimate of drug-likeness (QED) is 0.743. The molecule has 1 aliphatic heterocycles. The summed E-state index contributed by atoms with van der Waals surface area (Å²) in [6.07, 6.45) is 0.0687. The largest absolute Gasteiger partial charge is 0.481 e. The van der Waals surface area contributed by atoms with Crippen molar-refractivity contribution in [2.45, 2.75) is 45.8 Å². The van der Waals surface area contributed by atoms with E-state index in [1.807, 2.05) is 0 Å². The smallest absolute Gasteiger partial charge is 0.410 e. The number of carboxylic acid groups (broad SMARTS) is 1. The van der Waals surface area contributed by atoms with Crippen molar-refractivity contribution < 1.29 is 19.4 Å². The third-order valence-corrected chi connectivity index (χ3v) is 2.70. The highest BCUT2D eigenvalue weighted by Crippen LogP contribution is 2.26. The van der Waals surface area contributed by atoms with Crippen LogP contribution in [-0.4, -0.2) is 40.3 Å².